The van der Waals surface area contributed by atoms with Crippen molar-refractivity contribution in [3.05, 3.63) is 27.5 Å². The number of pyridine rings is 1. The van der Waals surface area contributed by atoms with Crippen LogP contribution in [-0.4, -0.2) is 35.1 Å². The van der Waals surface area contributed by atoms with Gasteiger partial charge in [0.2, 0.25) is 5.88 Å². The number of hydrogen-bond acceptors (Lipinski definition) is 4. The number of nitrogens with zero attached hydrogens (tertiary/aromatic N) is 2. The highest BCUT2D eigenvalue weighted by Gasteiger charge is 2.23. The number of piperidine rings is 1. The van der Waals surface area contributed by atoms with E-state index in [1.54, 1.807) is 0 Å². The van der Waals surface area contributed by atoms with Gasteiger partial charge >= 0.3 is 0 Å². The molecule has 1 aromatic rings. The standard InChI is InChI=1S/C12H15N3O2/c1-15-4-2-3-8(7-15)9-5-11(16)14-12(17)10(9)6-13/h5,8H,2-4,7H2,1H3,(H2,14,16,17). The normalized spacial score (nSPS) is 21.1. The molecule has 17 heavy (non-hydrogen) atoms. The van der Waals surface area contributed by atoms with E-state index >= 15 is 0 Å². The summed E-state index contributed by atoms with van der Waals surface area (Å²) in [6, 6.07) is 3.40. The lowest BCUT2D eigenvalue weighted by Gasteiger charge is -2.30. The second-order valence-electron chi connectivity index (χ2n) is 4.53. The van der Waals surface area contributed by atoms with Gasteiger partial charge in [0, 0.05) is 12.6 Å². The quantitative estimate of drug-likeness (QED) is 0.750. The predicted octanol–water partition coefficient (Wildman–Crippen LogP) is 0.761. The molecule has 5 nitrogen and oxygen atoms in total. The maximum absolute atomic E-state index is 11.4. The number of rotatable bonds is 1. The fourth-order valence-electron chi connectivity index (χ4n) is 2.43. The molecule has 2 N–H and O–H groups in total. The number of nitrogens with one attached hydrogen (secondary N) is 1. The van der Waals surface area contributed by atoms with Gasteiger partial charge in [0.15, 0.2) is 0 Å². The first-order chi connectivity index (χ1) is 8.11. The number of likely N-dealkylation sites (N-methyl/N-ethyl adjacent to an activating group) is 1. The number of aromatic amines is 1. The fourth-order valence-corrected chi connectivity index (χ4v) is 2.43. The molecule has 1 aromatic heterocycles. The summed E-state index contributed by atoms with van der Waals surface area (Å²) >= 11 is 0. The van der Waals surface area contributed by atoms with E-state index in [1.165, 1.54) is 6.07 Å². The van der Waals surface area contributed by atoms with Crippen molar-refractivity contribution in [3.63, 3.8) is 0 Å². The van der Waals surface area contributed by atoms with Crippen molar-refractivity contribution in [1.82, 2.24) is 9.88 Å². The third-order valence-corrected chi connectivity index (χ3v) is 3.23. The summed E-state index contributed by atoms with van der Waals surface area (Å²) in [5.41, 5.74) is 0.509. The summed E-state index contributed by atoms with van der Waals surface area (Å²) in [4.78, 5) is 15.8. The molecule has 1 unspecified atom stereocenters. The first-order valence-corrected chi connectivity index (χ1v) is 5.66. The Hall–Kier alpha value is -1.80. The summed E-state index contributed by atoms with van der Waals surface area (Å²) < 4.78 is 0. The minimum Gasteiger partial charge on any atom is -0.494 e. The second-order valence-corrected chi connectivity index (χ2v) is 4.53. The fraction of sp³-hybridized carbons (Fsp3) is 0.500. The SMILES string of the molecule is CN1CCCC(c2cc(=O)[nH]c(O)c2C#N)C1. The third-order valence-electron chi connectivity index (χ3n) is 3.23. The summed E-state index contributed by atoms with van der Waals surface area (Å²) in [5, 5.41) is 18.6. The number of H-pyrrole nitrogens is 1. The average Bonchev–Trinajstić information content (AvgIpc) is 2.28. The van der Waals surface area contributed by atoms with Crippen molar-refractivity contribution in [2.45, 2.75) is 18.8 Å². The van der Waals surface area contributed by atoms with E-state index in [9.17, 15) is 9.90 Å². The van der Waals surface area contributed by atoms with Gasteiger partial charge in [-0.25, -0.2) is 0 Å². The maximum Gasteiger partial charge on any atom is 0.251 e. The molecule has 90 valence electrons. The van der Waals surface area contributed by atoms with Crippen LogP contribution in [0.4, 0.5) is 0 Å². The van der Waals surface area contributed by atoms with Crippen LogP contribution in [0.5, 0.6) is 5.88 Å². The van der Waals surface area contributed by atoms with Gasteiger partial charge in [-0.05, 0) is 37.9 Å². The molecule has 5 heteroatoms. The van der Waals surface area contributed by atoms with Crippen LogP contribution in [0.25, 0.3) is 0 Å². The molecule has 0 aromatic carbocycles. The highest BCUT2D eigenvalue weighted by Crippen LogP contribution is 2.30. The molecular formula is C12H15N3O2. The van der Waals surface area contributed by atoms with Gasteiger partial charge in [-0.3, -0.25) is 9.78 Å². The summed E-state index contributed by atoms with van der Waals surface area (Å²) in [5.74, 6) is -0.167. The van der Waals surface area contributed by atoms with Crippen LogP contribution < -0.4 is 5.56 Å². The van der Waals surface area contributed by atoms with Gasteiger partial charge in [0.1, 0.15) is 11.6 Å². The molecule has 0 spiro atoms. The van der Waals surface area contributed by atoms with Gasteiger partial charge in [-0.2, -0.15) is 5.26 Å². The van der Waals surface area contributed by atoms with Crippen LogP contribution >= 0.6 is 0 Å². The molecular weight excluding hydrogens is 218 g/mol. The molecule has 0 aliphatic carbocycles. The summed E-state index contributed by atoms with van der Waals surface area (Å²) in [6.45, 7) is 1.85. The average molecular weight is 233 g/mol. The summed E-state index contributed by atoms with van der Waals surface area (Å²) in [6.07, 6.45) is 1.99. The van der Waals surface area contributed by atoms with Crippen molar-refractivity contribution in [3.8, 4) is 11.9 Å². The van der Waals surface area contributed by atoms with Crippen LogP contribution in [0.15, 0.2) is 10.9 Å². The Labute approximate surface area is 99.3 Å². The zero-order valence-corrected chi connectivity index (χ0v) is 9.73. The van der Waals surface area contributed by atoms with Crippen LogP contribution in [0, 0.1) is 11.3 Å². The minimum atomic E-state index is -0.357. The van der Waals surface area contributed by atoms with E-state index in [2.05, 4.69) is 9.88 Å². The van der Waals surface area contributed by atoms with Crippen molar-refractivity contribution in [2.75, 3.05) is 20.1 Å². The van der Waals surface area contributed by atoms with E-state index in [-0.39, 0.29) is 22.9 Å². The molecule has 1 aliphatic rings. The number of aromatic nitrogens is 1. The molecule has 0 saturated carbocycles. The van der Waals surface area contributed by atoms with Crippen molar-refractivity contribution in [1.29, 1.82) is 5.26 Å². The number of likely N-dealkylation sites (tertiary alicyclic amines) is 1. The topological polar surface area (TPSA) is 80.1 Å². The van der Waals surface area contributed by atoms with Crippen LogP contribution in [0.1, 0.15) is 29.9 Å². The Balaban J connectivity index is 2.44. The zero-order valence-electron chi connectivity index (χ0n) is 9.73. The Kier molecular flexibility index (Phi) is 3.16. The molecule has 0 bridgehead atoms. The predicted molar refractivity (Wildman–Crippen MR) is 62.9 cm³/mol. The lowest BCUT2D eigenvalue weighted by atomic mass is 9.89. The van der Waals surface area contributed by atoms with Gasteiger partial charge in [-0.15, -0.1) is 0 Å². The first kappa shape index (κ1) is 11.7. The number of aromatic hydroxyl groups is 1. The Morgan fingerprint density at radius 3 is 3.06 bits per heavy atom. The van der Waals surface area contributed by atoms with E-state index in [0.717, 1.165) is 25.9 Å². The molecule has 0 radical (unpaired) electrons. The largest absolute Gasteiger partial charge is 0.494 e. The van der Waals surface area contributed by atoms with Crippen LogP contribution in [0.2, 0.25) is 0 Å². The second kappa shape index (κ2) is 4.60. The first-order valence-electron chi connectivity index (χ1n) is 5.66. The molecule has 1 fully saturated rings. The van der Waals surface area contributed by atoms with Crippen LogP contribution in [-0.2, 0) is 0 Å². The molecule has 1 aliphatic heterocycles. The molecule has 2 heterocycles. The Morgan fingerprint density at radius 1 is 1.65 bits per heavy atom. The highest BCUT2D eigenvalue weighted by molar-refractivity contribution is 5.45. The van der Waals surface area contributed by atoms with E-state index in [1.807, 2.05) is 13.1 Å². The summed E-state index contributed by atoms with van der Waals surface area (Å²) in [7, 11) is 2.02. The Morgan fingerprint density at radius 2 is 2.41 bits per heavy atom. The van der Waals surface area contributed by atoms with Gasteiger partial charge in [0.25, 0.3) is 5.56 Å². The Bertz CT molecular complexity index is 515. The molecule has 1 saturated heterocycles. The van der Waals surface area contributed by atoms with Crippen LogP contribution in [0.3, 0.4) is 0 Å². The highest BCUT2D eigenvalue weighted by atomic mass is 16.3. The molecule has 0 amide bonds. The van der Waals surface area contributed by atoms with Crippen molar-refractivity contribution < 1.29 is 5.11 Å². The van der Waals surface area contributed by atoms with Crippen molar-refractivity contribution >= 4 is 0 Å². The number of nitriles is 1. The van der Waals surface area contributed by atoms with Crippen molar-refractivity contribution in [2.24, 2.45) is 0 Å². The van der Waals surface area contributed by atoms with E-state index < -0.39 is 0 Å². The molecule has 1 atom stereocenters. The third kappa shape index (κ3) is 2.32. The van der Waals surface area contributed by atoms with Gasteiger partial charge in [-0.1, -0.05) is 0 Å². The minimum absolute atomic E-state index is 0.150. The lowest BCUT2D eigenvalue weighted by Crippen LogP contribution is -2.31. The maximum atomic E-state index is 11.4. The number of hydrogen-bond donors (Lipinski definition) is 2. The molecule has 2 rings (SSSR count). The smallest absolute Gasteiger partial charge is 0.251 e. The van der Waals surface area contributed by atoms with Gasteiger partial charge in [0.05, 0.1) is 0 Å². The van der Waals surface area contributed by atoms with E-state index in [0.29, 0.717) is 5.56 Å². The van der Waals surface area contributed by atoms with E-state index in [4.69, 9.17) is 5.26 Å². The lowest BCUT2D eigenvalue weighted by molar-refractivity contribution is 0.250. The monoisotopic (exact) mass is 233 g/mol. The zero-order chi connectivity index (χ0) is 12.4. The van der Waals surface area contributed by atoms with Gasteiger partial charge < -0.3 is 10.0 Å².